The quantitative estimate of drug-likeness (QED) is 0.580. The average molecular weight is 369 g/mol. The van der Waals surface area contributed by atoms with Crippen LogP contribution in [0.5, 0.6) is 0 Å². The monoisotopic (exact) mass is 369 g/mol. The molecule has 0 atom stereocenters. The first-order valence-electron chi connectivity index (χ1n) is 8.82. The van der Waals surface area contributed by atoms with Crippen LogP contribution in [-0.4, -0.2) is 35.7 Å². The number of esters is 1. The molecule has 1 amide bonds. The van der Waals surface area contributed by atoms with Gasteiger partial charge in [0.05, 0.1) is 6.42 Å². The number of Topliss-reactive ketones (excluding diaryl/α,β-unsaturated/α-hetero) is 1. The van der Waals surface area contributed by atoms with Crippen molar-refractivity contribution < 1.29 is 23.5 Å². The summed E-state index contributed by atoms with van der Waals surface area (Å²) in [5.41, 5.74) is 2.68. The Balaban J connectivity index is 1.42. The second-order valence-corrected chi connectivity index (χ2v) is 6.42. The molecule has 27 heavy (non-hydrogen) atoms. The highest BCUT2D eigenvalue weighted by molar-refractivity contribution is 5.97. The van der Waals surface area contributed by atoms with E-state index in [0.717, 1.165) is 12.0 Å². The van der Waals surface area contributed by atoms with Gasteiger partial charge in [0.25, 0.3) is 5.91 Å². The fourth-order valence-electron chi connectivity index (χ4n) is 3.01. The molecule has 1 aliphatic heterocycles. The Hall–Kier alpha value is -3.02. The molecule has 1 aliphatic rings. The van der Waals surface area contributed by atoms with Gasteiger partial charge in [0.2, 0.25) is 0 Å². The highest BCUT2D eigenvalue weighted by Crippen LogP contribution is 2.18. The van der Waals surface area contributed by atoms with Crippen LogP contribution < -0.4 is 0 Å². The summed E-state index contributed by atoms with van der Waals surface area (Å²) in [4.78, 5) is 37.7. The van der Waals surface area contributed by atoms with Crippen molar-refractivity contribution in [1.29, 1.82) is 0 Å². The van der Waals surface area contributed by atoms with Crippen molar-refractivity contribution in [1.82, 2.24) is 4.90 Å². The first-order valence-corrected chi connectivity index (χ1v) is 8.82. The highest BCUT2D eigenvalue weighted by atomic mass is 19.1. The molecule has 0 unspecified atom stereocenters. The number of halogens is 1. The minimum absolute atomic E-state index is 0.0459. The van der Waals surface area contributed by atoms with E-state index in [9.17, 15) is 18.8 Å². The molecule has 2 aromatic rings. The van der Waals surface area contributed by atoms with Gasteiger partial charge in [-0.2, -0.15) is 0 Å². The standard InChI is InChI=1S/C21H20FNO4/c22-18-7-5-16(6-8-18)19(24)9-10-21(26)27-14-20(25)23-12-11-15-3-1-2-4-17(15)13-23/h1-8H,9-14H2. The van der Waals surface area contributed by atoms with Gasteiger partial charge in [0.1, 0.15) is 5.82 Å². The minimum atomic E-state index is -0.601. The number of nitrogens with zero attached hydrogens (tertiary/aromatic N) is 1. The fraction of sp³-hybridized carbons (Fsp3) is 0.286. The van der Waals surface area contributed by atoms with E-state index >= 15 is 0 Å². The largest absolute Gasteiger partial charge is 0.456 e. The predicted molar refractivity (Wildman–Crippen MR) is 96.5 cm³/mol. The number of hydrogen-bond donors (Lipinski definition) is 0. The topological polar surface area (TPSA) is 63.7 Å². The number of ketones is 1. The van der Waals surface area contributed by atoms with Crippen LogP contribution >= 0.6 is 0 Å². The Morgan fingerprint density at radius 2 is 1.67 bits per heavy atom. The zero-order chi connectivity index (χ0) is 19.2. The summed E-state index contributed by atoms with van der Waals surface area (Å²) < 4.78 is 17.9. The zero-order valence-corrected chi connectivity index (χ0v) is 14.8. The Labute approximate surface area is 156 Å². The second-order valence-electron chi connectivity index (χ2n) is 6.42. The maximum atomic E-state index is 12.9. The molecule has 0 saturated carbocycles. The summed E-state index contributed by atoms with van der Waals surface area (Å²) in [7, 11) is 0. The van der Waals surface area contributed by atoms with Gasteiger partial charge >= 0.3 is 5.97 Å². The van der Waals surface area contributed by atoms with Crippen molar-refractivity contribution in [3.05, 3.63) is 71.0 Å². The number of hydrogen-bond acceptors (Lipinski definition) is 4. The van der Waals surface area contributed by atoms with Gasteiger partial charge in [-0.3, -0.25) is 14.4 Å². The lowest BCUT2D eigenvalue weighted by Crippen LogP contribution is -2.38. The van der Waals surface area contributed by atoms with Crippen LogP contribution in [0, 0.1) is 5.82 Å². The number of carbonyl (C=O) groups is 3. The number of rotatable bonds is 6. The number of ether oxygens (including phenoxy) is 1. The van der Waals surface area contributed by atoms with Gasteiger partial charge in [0, 0.05) is 25.1 Å². The van der Waals surface area contributed by atoms with Crippen molar-refractivity contribution >= 4 is 17.7 Å². The van der Waals surface area contributed by atoms with Crippen LogP contribution in [0.25, 0.3) is 0 Å². The summed E-state index contributed by atoms with van der Waals surface area (Å²) in [6.07, 6.45) is 0.615. The van der Waals surface area contributed by atoms with Gasteiger partial charge in [-0.25, -0.2) is 4.39 Å². The summed E-state index contributed by atoms with van der Waals surface area (Å²) in [5, 5.41) is 0. The molecule has 0 radical (unpaired) electrons. The van der Waals surface area contributed by atoms with Crippen LogP contribution in [0.4, 0.5) is 4.39 Å². The third-order valence-corrected chi connectivity index (χ3v) is 4.56. The maximum absolute atomic E-state index is 12.9. The molecule has 0 spiro atoms. The molecule has 6 heteroatoms. The molecule has 3 rings (SSSR count). The smallest absolute Gasteiger partial charge is 0.306 e. The van der Waals surface area contributed by atoms with Gasteiger partial charge < -0.3 is 9.64 Å². The second kappa shape index (κ2) is 8.58. The van der Waals surface area contributed by atoms with E-state index in [2.05, 4.69) is 6.07 Å². The van der Waals surface area contributed by atoms with E-state index in [1.54, 1.807) is 4.90 Å². The average Bonchev–Trinajstić information content (AvgIpc) is 2.70. The van der Waals surface area contributed by atoms with E-state index in [1.807, 2.05) is 18.2 Å². The minimum Gasteiger partial charge on any atom is -0.456 e. The van der Waals surface area contributed by atoms with Gasteiger partial charge in [-0.1, -0.05) is 24.3 Å². The molecule has 0 aromatic heterocycles. The maximum Gasteiger partial charge on any atom is 0.306 e. The first kappa shape index (κ1) is 18.8. The van der Waals surface area contributed by atoms with Gasteiger partial charge in [0.15, 0.2) is 12.4 Å². The van der Waals surface area contributed by atoms with E-state index in [4.69, 9.17) is 4.74 Å². The van der Waals surface area contributed by atoms with Crippen molar-refractivity contribution in [2.75, 3.05) is 13.2 Å². The third-order valence-electron chi connectivity index (χ3n) is 4.56. The van der Waals surface area contributed by atoms with Crippen LogP contribution in [0.1, 0.15) is 34.3 Å². The summed E-state index contributed by atoms with van der Waals surface area (Å²) in [6, 6.07) is 13.1. The lowest BCUT2D eigenvalue weighted by molar-refractivity contribution is -0.152. The van der Waals surface area contributed by atoms with E-state index < -0.39 is 11.8 Å². The van der Waals surface area contributed by atoms with Crippen LogP contribution in [0.3, 0.4) is 0 Å². The molecule has 2 aromatic carbocycles. The van der Waals surface area contributed by atoms with E-state index in [-0.39, 0.29) is 31.1 Å². The predicted octanol–water partition coefficient (Wildman–Crippen LogP) is 2.92. The lowest BCUT2D eigenvalue weighted by atomic mass is 10.00. The zero-order valence-electron chi connectivity index (χ0n) is 14.8. The highest BCUT2D eigenvalue weighted by Gasteiger charge is 2.21. The Morgan fingerprint density at radius 1 is 0.963 bits per heavy atom. The molecular weight excluding hydrogens is 349 g/mol. The molecular formula is C21H20FNO4. The summed E-state index contributed by atoms with van der Waals surface area (Å²) in [5.74, 6) is -1.55. The molecule has 0 fully saturated rings. The first-order chi connectivity index (χ1) is 13.0. The molecule has 5 nitrogen and oxygen atoms in total. The number of amides is 1. The van der Waals surface area contributed by atoms with Gasteiger partial charge in [-0.05, 0) is 41.8 Å². The molecule has 0 N–H and O–H groups in total. The van der Waals surface area contributed by atoms with Crippen molar-refractivity contribution in [2.24, 2.45) is 0 Å². The molecule has 0 saturated heterocycles. The SMILES string of the molecule is O=C(CCC(=O)c1ccc(F)cc1)OCC(=O)N1CCc2ccccc2C1. The molecule has 1 heterocycles. The molecule has 140 valence electrons. The molecule has 0 aliphatic carbocycles. The van der Waals surface area contributed by atoms with E-state index in [1.165, 1.54) is 29.8 Å². The van der Waals surface area contributed by atoms with Crippen molar-refractivity contribution in [3.63, 3.8) is 0 Å². The van der Waals surface area contributed by atoms with Gasteiger partial charge in [-0.15, -0.1) is 0 Å². The van der Waals surface area contributed by atoms with Crippen LogP contribution in [0.2, 0.25) is 0 Å². The number of benzene rings is 2. The van der Waals surface area contributed by atoms with Crippen molar-refractivity contribution in [3.8, 4) is 0 Å². The summed E-state index contributed by atoms with van der Waals surface area (Å²) in [6.45, 7) is 0.776. The van der Waals surface area contributed by atoms with Crippen LogP contribution in [-0.2, 0) is 27.3 Å². The lowest BCUT2D eigenvalue weighted by Gasteiger charge is -2.28. The Bertz CT molecular complexity index is 848. The number of carbonyl (C=O) groups excluding carboxylic acids is 3. The Morgan fingerprint density at radius 3 is 2.41 bits per heavy atom. The number of fused-ring (bicyclic) bond motifs is 1. The van der Waals surface area contributed by atoms with E-state index in [0.29, 0.717) is 18.7 Å². The fourth-order valence-corrected chi connectivity index (χ4v) is 3.01. The van der Waals surface area contributed by atoms with Crippen LogP contribution in [0.15, 0.2) is 48.5 Å². The summed E-state index contributed by atoms with van der Waals surface area (Å²) >= 11 is 0. The normalized spacial score (nSPS) is 13.0. The van der Waals surface area contributed by atoms with Crippen molar-refractivity contribution in [2.45, 2.75) is 25.8 Å². The molecule has 0 bridgehead atoms. The Kier molecular flexibility index (Phi) is 5.96. The third kappa shape index (κ3) is 5.00.